The van der Waals surface area contributed by atoms with E-state index in [1.807, 2.05) is 35.0 Å². The fourth-order valence-electron chi connectivity index (χ4n) is 1.75. The van der Waals surface area contributed by atoms with Crippen LogP contribution in [-0.2, 0) is 13.0 Å². The van der Waals surface area contributed by atoms with Crippen molar-refractivity contribution in [2.75, 3.05) is 0 Å². The minimum atomic E-state index is 0.573. The molecule has 0 amide bonds. The fraction of sp³-hybridized carbons (Fsp3) is 0.154. The van der Waals surface area contributed by atoms with Gasteiger partial charge in [0.15, 0.2) is 5.82 Å². The highest BCUT2D eigenvalue weighted by atomic mass is 79.9. The van der Waals surface area contributed by atoms with E-state index in [0.717, 1.165) is 10.0 Å². The number of hydrogen-bond acceptors (Lipinski definition) is 4. The van der Waals surface area contributed by atoms with Crippen LogP contribution in [0.5, 0.6) is 0 Å². The van der Waals surface area contributed by atoms with E-state index in [-0.39, 0.29) is 0 Å². The molecular weight excluding hydrogens is 308 g/mol. The summed E-state index contributed by atoms with van der Waals surface area (Å²) in [5.41, 5.74) is 1.14. The van der Waals surface area contributed by atoms with E-state index >= 15 is 0 Å². The van der Waals surface area contributed by atoms with Gasteiger partial charge in [-0.15, -0.1) is 0 Å². The van der Waals surface area contributed by atoms with Gasteiger partial charge in [0, 0.05) is 16.9 Å². The lowest BCUT2D eigenvalue weighted by molar-refractivity contribution is 0.378. The monoisotopic (exact) mass is 318 g/mol. The molecule has 3 aromatic rings. The quantitative estimate of drug-likeness (QED) is 0.742. The summed E-state index contributed by atoms with van der Waals surface area (Å²) in [6.45, 7) is 0.573. The summed E-state index contributed by atoms with van der Waals surface area (Å²) >= 11 is 3.41. The Hall–Kier alpha value is -1.95. The molecule has 0 saturated heterocycles. The summed E-state index contributed by atoms with van der Waals surface area (Å²) in [5.74, 6) is 1.28. The Morgan fingerprint density at radius 2 is 2.05 bits per heavy atom. The van der Waals surface area contributed by atoms with Gasteiger partial charge in [0.05, 0.1) is 19.3 Å². The predicted molar refractivity (Wildman–Crippen MR) is 72.6 cm³/mol. The van der Waals surface area contributed by atoms with Crippen LogP contribution in [-0.4, -0.2) is 19.7 Å². The maximum atomic E-state index is 5.24. The van der Waals surface area contributed by atoms with E-state index in [9.17, 15) is 0 Å². The van der Waals surface area contributed by atoms with Crippen molar-refractivity contribution >= 4 is 15.9 Å². The summed E-state index contributed by atoms with van der Waals surface area (Å²) in [7, 11) is 0. The van der Waals surface area contributed by atoms with Crippen LogP contribution in [0.1, 0.15) is 17.3 Å². The van der Waals surface area contributed by atoms with Gasteiger partial charge in [0.1, 0.15) is 0 Å². The van der Waals surface area contributed by atoms with Crippen LogP contribution < -0.4 is 0 Å². The number of hydrogen-bond donors (Lipinski definition) is 0. The van der Waals surface area contributed by atoms with Crippen molar-refractivity contribution in [2.24, 2.45) is 0 Å². The van der Waals surface area contributed by atoms with Gasteiger partial charge in [0.2, 0.25) is 5.89 Å². The normalized spacial score (nSPS) is 10.8. The van der Waals surface area contributed by atoms with E-state index in [1.54, 1.807) is 12.5 Å². The lowest BCUT2D eigenvalue weighted by Crippen LogP contribution is -1.98. The molecule has 0 spiro atoms. The molecule has 0 radical (unpaired) electrons. The van der Waals surface area contributed by atoms with Gasteiger partial charge in [-0.2, -0.15) is 4.98 Å². The first-order chi connectivity index (χ1) is 9.29. The van der Waals surface area contributed by atoms with Crippen molar-refractivity contribution < 1.29 is 4.52 Å². The molecule has 0 aliphatic carbocycles. The Balaban J connectivity index is 1.69. The lowest BCUT2D eigenvalue weighted by atomic mass is 10.1. The molecule has 1 aromatic carbocycles. The van der Waals surface area contributed by atoms with E-state index in [0.29, 0.717) is 24.7 Å². The molecule has 19 heavy (non-hydrogen) atoms. The molecule has 3 rings (SSSR count). The van der Waals surface area contributed by atoms with Crippen molar-refractivity contribution in [3.8, 4) is 0 Å². The van der Waals surface area contributed by atoms with Gasteiger partial charge in [-0.1, -0.05) is 33.2 Å². The lowest BCUT2D eigenvalue weighted by Gasteiger charge is -1.96. The molecule has 96 valence electrons. The number of benzene rings is 1. The van der Waals surface area contributed by atoms with Crippen LogP contribution in [0.4, 0.5) is 0 Å². The zero-order valence-electron chi connectivity index (χ0n) is 10.0. The van der Waals surface area contributed by atoms with Crippen LogP contribution in [0.3, 0.4) is 0 Å². The highest BCUT2D eigenvalue weighted by Crippen LogP contribution is 2.13. The first-order valence-corrected chi connectivity index (χ1v) is 6.60. The maximum absolute atomic E-state index is 5.24. The van der Waals surface area contributed by atoms with Crippen LogP contribution in [0.15, 0.2) is 52.0 Å². The number of imidazole rings is 1. The third-order valence-corrected chi connectivity index (χ3v) is 3.19. The number of aromatic nitrogens is 4. The number of rotatable bonds is 4. The average Bonchev–Trinajstić information content (AvgIpc) is 3.05. The van der Waals surface area contributed by atoms with Crippen molar-refractivity contribution in [3.63, 3.8) is 0 Å². The van der Waals surface area contributed by atoms with Gasteiger partial charge in [-0.05, 0) is 17.7 Å². The Kier molecular flexibility index (Phi) is 3.41. The molecule has 6 heteroatoms. The number of halogens is 1. The summed E-state index contributed by atoms with van der Waals surface area (Å²) in [4.78, 5) is 8.34. The molecular formula is C13H11BrN4O. The second-order valence-electron chi connectivity index (χ2n) is 4.14. The SMILES string of the molecule is Brc1ccc(Cc2nc(Cn3ccnc3)no2)cc1. The highest BCUT2D eigenvalue weighted by Gasteiger charge is 2.07. The van der Waals surface area contributed by atoms with E-state index in [1.165, 1.54) is 0 Å². The standard InChI is InChI=1S/C13H11BrN4O/c14-11-3-1-10(2-4-11)7-13-16-12(17-19-13)8-18-6-5-15-9-18/h1-6,9H,7-8H2. The molecule has 0 atom stereocenters. The molecule has 0 aliphatic rings. The Morgan fingerprint density at radius 1 is 1.21 bits per heavy atom. The summed E-state index contributed by atoms with van der Waals surface area (Å²) in [5, 5.41) is 3.96. The van der Waals surface area contributed by atoms with Crippen molar-refractivity contribution in [1.82, 2.24) is 19.7 Å². The van der Waals surface area contributed by atoms with Gasteiger partial charge < -0.3 is 9.09 Å². The zero-order chi connectivity index (χ0) is 13.1. The molecule has 0 N–H and O–H groups in total. The maximum Gasteiger partial charge on any atom is 0.231 e. The van der Waals surface area contributed by atoms with Crippen LogP contribution >= 0.6 is 15.9 Å². The van der Waals surface area contributed by atoms with Gasteiger partial charge in [0.25, 0.3) is 0 Å². The molecule has 2 heterocycles. The van der Waals surface area contributed by atoms with Gasteiger partial charge in [-0.3, -0.25) is 0 Å². The first kappa shape index (κ1) is 12.1. The summed E-state index contributed by atoms with van der Waals surface area (Å²) in [6, 6.07) is 8.06. The van der Waals surface area contributed by atoms with Crippen LogP contribution in [0.2, 0.25) is 0 Å². The van der Waals surface area contributed by atoms with Crippen LogP contribution in [0.25, 0.3) is 0 Å². The molecule has 5 nitrogen and oxygen atoms in total. The van der Waals surface area contributed by atoms with Crippen molar-refractivity contribution in [2.45, 2.75) is 13.0 Å². The smallest absolute Gasteiger partial charge is 0.231 e. The molecule has 0 saturated carbocycles. The Morgan fingerprint density at radius 3 is 2.79 bits per heavy atom. The minimum absolute atomic E-state index is 0.573. The highest BCUT2D eigenvalue weighted by molar-refractivity contribution is 9.10. The van der Waals surface area contributed by atoms with Crippen LogP contribution in [0, 0.1) is 0 Å². The molecule has 0 bridgehead atoms. The second-order valence-corrected chi connectivity index (χ2v) is 5.06. The van der Waals surface area contributed by atoms with Gasteiger partial charge in [-0.25, -0.2) is 4.98 Å². The minimum Gasteiger partial charge on any atom is -0.339 e. The van der Waals surface area contributed by atoms with Crippen molar-refractivity contribution in [1.29, 1.82) is 0 Å². The molecule has 0 aliphatic heterocycles. The first-order valence-electron chi connectivity index (χ1n) is 5.81. The zero-order valence-corrected chi connectivity index (χ0v) is 11.6. The number of nitrogens with zero attached hydrogens (tertiary/aromatic N) is 4. The Labute approximate surface area is 118 Å². The summed E-state index contributed by atoms with van der Waals surface area (Å²) < 4.78 is 8.20. The third-order valence-electron chi connectivity index (χ3n) is 2.66. The second kappa shape index (κ2) is 5.36. The largest absolute Gasteiger partial charge is 0.339 e. The topological polar surface area (TPSA) is 56.7 Å². The van der Waals surface area contributed by atoms with E-state index < -0.39 is 0 Å². The van der Waals surface area contributed by atoms with Crippen molar-refractivity contribution in [3.05, 3.63) is 64.7 Å². The molecule has 0 unspecified atom stereocenters. The average molecular weight is 319 g/mol. The third kappa shape index (κ3) is 3.08. The molecule has 0 fully saturated rings. The summed E-state index contributed by atoms with van der Waals surface area (Å²) in [6.07, 6.45) is 5.96. The van der Waals surface area contributed by atoms with E-state index in [2.05, 4.69) is 31.1 Å². The fourth-order valence-corrected chi connectivity index (χ4v) is 2.01. The molecule has 2 aromatic heterocycles. The Bertz CT molecular complexity index is 646. The van der Waals surface area contributed by atoms with E-state index in [4.69, 9.17) is 4.52 Å². The van der Waals surface area contributed by atoms with Gasteiger partial charge >= 0.3 is 0 Å². The predicted octanol–water partition coefficient (Wildman–Crippen LogP) is 2.67.